The van der Waals surface area contributed by atoms with Crippen LogP contribution >= 0.6 is 0 Å². The maximum absolute atomic E-state index is 11.9. The van der Waals surface area contributed by atoms with Crippen LogP contribution in [0.3, 0.4) is 0 Å². The SMILES string of the molecule is CC[C@H](Cn1cc(C)c2ccccc21)c1ccccc1S(N)(=O)=O. The maximum atomic E-state index is 11.9. The highest BCUT2D eigenvalue weighted by molar-refractivity contribution is 7.89. The zero-order valence-electron chi connectivity index (χ0n) is 13.9. The first kappa shape index (κ1) is 16.7. The van der Waals surface area contributed by atoms with Gasteiger partial charge in [-0.15, -0.1) is 0 Å². The fraction of sp³-hybridized carbons (Fsp3) is 0.263. The van der Waals surface area contributed by atoms with Crippen LogP contribution in [-0.2, 0) is 16.6 Å². The Morgan fingerprint density at radius 2 is 1.75 bits per heavy atom. The lowest BCUT2D eigenvalue weighted by Gasteiger charge is -2.19. The molecule has 0 fully saturated rings. The van der Waals surface area contributed by atoms with Crippen LogP contribution in [0.2, 0.25) is 0 Å². The minimum atomic E-state index is -3.73. The van der Waals surface area contributed by atoms with E-state index in [2.05, 4.69) is 36.7 Å². The van der Waals surface area contributed by atoms with Crippen molar-refractivity contribution in [2.75, 3.05) is 0 Å². The van der Waals surface area contributed by atoms with Crippen LogP contribution in [0.25, 0.3) is 10.9 Å². The highest BCUT2D eigenvalue weighted by Crippen LogP contribution is 2.30. The third-order valence-corrected chi connectivity index (χ3v) is 5.55. The van der Waals surface area contributed by atoms with Crippen molar-refractivity contribution in [2.24, 2.45) is 5.14 Å². The third kappa shape index (κ3) is 3.09. The summed E-state index contributed by atoms with van der Waals surface area (Å²) in [5.74, 6) is 0.0785. The van der Waals surface area contributed by atoms with Gasteiger partial charge >= 0.3 is 0 Å². The zero-order chi connectivity index (χ0) is 17.3. The molecular formula is C19H22N2O2S. The number of rotatable bonds is 5. The van der Waals surface area contributed by atoms with Crippen molar-refractivity contribution < 1.29 is 8.42 Å². The highest BCUT2D eigenvalue weighted by Gasteiger charge is 2.20. The Balaban J connectivity index is 2.05. The first-order chi connectivity index (χ1) is 11.4. The quantitative estimate of drug-likeness (QED) is 0.766. The summed E-state index contributed by atoms with van der Waals surface area (Å²) in [6.45, 7) is 4.89. The summed E-state index contributed by atoms with van der Waals surface area (Å²) in [6.07, 6.45) is 2.96. The second-order valence-electron chi connectivity index (χ2n) is 6.17. The molecule has 3 rings (SSSR count). The minimum Gasteiger partial charge on any atom is -0.347 e. The predicted molar refractivity (Wildman–Crippen MR) is 97.5 cm³/mol. The number of para-hydroxylation sites is 1. The minimum absolute atomic E-state index is 0.0785. The summed E-state index contributed by atoms with van der Waals surface area (Å²) >= 11 is 0. The van der Waals surface area contributed by atoms with E-state index in [1.807, 2.05) is 24.3 Å². The number of primary sulfonamides is 1. The van der Waals surface area contributed by atoms with Gasteiger partial charge < -0.3 is 4.57 Å². The summed E-state index contributed by atoms with van der Waals surface area (Å²) in [4.78, 5) is 0.227. The molecule has 2 N–H and O–H groups in total. The molecule has 0 bridgehead atoms. The lowest BCUT2D eigenvalue weighted by Crippen LogP contribution is -2.17. The van der Waals surface area contributed by atoms with Gasteiger partial charge in [-0.1, -0.05) is 43.3 Å². The van der Waals surface area contributed by atoms with Gasteiger partial charge in [-0.05, 0) is 36.6 Å². The average molecular weight is 342 g/mol. The number of nitrogens with zero attached hydrogens (tertiary/aromatic N) is 1. The van der Waals surface area contributed by atoms with Crippen molar-refractivity contribution >= 4 is 20.9 Å². The largest absolute Gasteiger partial charge is 0.347 e. The average Bonchev–Trinajstić information content (AvgIpc) is 2.88. The molecule has 3 aromatic rings. The first-order valence-corrected chi connectivity index (χ1v) is 9.62. The van der Waals surface area contributed by atoms with Gasteiger partial charge in [0, 0.05) is 29.6 Å². The van der Waals surface area contributed by atoms with Gasteiger partial charge in [0.25, 0.3) is 0 Å². The topological polar surface area (TPSA) is 65.1 Å². The molecule has 0 radical (unpaired) electrons. The molecule has 0 spiro atoms. The zero-order valence-corrected chi connectivity index (χ0v) is 14.8. The van der Waals surface area contributed by atoms with E-state index in [0.29, 0.717) is 0 Å². The van der Waals surface area contributed by atoms with Crippen LogP contribution in [0.15, 0.2) is 59.6 Å². The molecule has 0 aliphatic rings. The molecule has 0 unspecified atom stereocenters. The Morgan fingerprint density at radius 3 is 2.46 bits per heavy atom. The van der Waals surface area contributed by atoms with Crippen LogP contribution in [-0.4, -0.2) is 13.0 Å². The number of hydrogen-bond acceptors (Lipinski definition) is 2. The van der Waals surface area contributed by atoms with Crippen molar-refractivity contribution in [2.45, 2.75) is 37.6 Å². The highest BCUT2D eigenvalue weighted by atomic mass is 32.2. The summed E-state index contributed by atoms with van der Waals surface area (Å²) in [6, 6.07) is 15.3. The molecule has 5 heteroatoms. The van der Waals surface area contributed by atoms with Crippen molar-refractivity contribution in [1.82, 2.24) is 4.57 Å². The van der Waals surface area contributed by atoms with Crippen LogP contribution in [0.5, 0.6) is 0 Å². The van der Waals surface area contributed by atoms with E-state index in [-0.39, 0.29) is 10.8 Å². The van der Waals surface area contributed by atoms with Gasteiger partial charge in [-0.25, -0.2) is 13.6 Å². The fourth-order valence-electron chi connectivity index (χ4n) is 3.34. The van der Waals surface area contributed by atoms with E-state index < -0.39 is 10.0 Å². The van der Waals surface area contributed by atoms with E-state index in [0.717, 1.165) is 18.5 Å². The molecule has 24 heavy (non-hydrogen) atoms. The molecule has 0 saturated carbocycles. The molecule has 0 saturated heterocycles. The number of hydrogen-bond donors (Lipinski definition) is 1. The van der Waals surface area contributed by atoms with Gasteiger partial charge in [0.15, 0.2) is 0 Å². The molecule has 1 heterocycles. The number of aromatic nitrogens is 1. The summed E-state index contributed by atoms with van der Waals surface area (Å²) in [5, 5.41) is 6.63. The molecule has 1 atom stereocenters. The summed E-state index contributed by atoms with van der Waals surface area (Å²) < 4.78 is 26.0. The second kappa shape index (κ2) is 6.42. The van der Waals surface area contributed by atoms with E-state index in [4.69, 9.17) is 5.14 Å². The summed E-state index contributed by atoms with van der Waals surface area (Å²) in [5.41, 5.74) is 3.18. The second-order valence-corrected chi connectivity index (χ2v) is 7.70. The Kier molecular flexibility index (Phi) is 4.47. The van der Waals surface area contributed by atoms with Crippen molar-refractivity contribution in [3.05, 3.63) is 65.9 Å². The van der Waals surface area contributed by atoms with E-state index >= 15 is 0 Å². The number of sulfonamides is 1. The number of benzene rings is 2. The molecule has 4 nitrogen and oxygen atoms in total. The monoisotopic (exact) mass is 342 g/mol. The van der Waals surface area contributed by atoms with Crippen molar-refractivity contribution in [3.63, 3.8) is 0 Å². The smallest absolute Gasteiger partial charge is 0.238 e. The standard InChI is InChI=1S/C19H22N2O2S/c1-3-15(17-9-5-7-11-19(17)24(20,22)23)13-21-12-14(2)16-8-4-6-10-18(16)21/h4-12,15H,3,13H2,1-2H3,(H2,20,22,23)/t15-/m1/s1. The van der Waals surface area contributed by atoms with Crippen LogP contribution in [0, 0.1) is 6.92 Å². The van der Waals surface area contributed by atoms with Gasteiger partial charge in [0.05, 0.1) is 4.90 Å². The molecular weight excluding hydrogens is 320 g/mol. The molecule has 0 aliphatic carbocycles. The van der Waals surface area contributed by atoms with E-state index in [1.165, 1.54) is 16.5 Å². The molecule has 0 amide bonds. The van der Waals surface area contributed by atoms with Crippen LogP contribution in [0.1, 0.15) is 30.4 Å². The van der Waals surface area contributed by atoms with Gasteiger partial charge in [0.2, 0.25) is 10.0 Å². The van der Waals surface area contributed by atoms with Crippen molar-refractivity contribution in [3.8, 4) is 0 Å². The van der Waals surface area contributed by atoms with Crippen LogP contribution < -0.4 is 5.14 Å². The Hall–Kier alpha value is -2.11. The first-order valence-electron chi connectivity index (χ1n) is 8.08. The predicted octanol–water partition coefficient (Wildman–Crippen LogP) is 3.79. The van der Waals surface area contributed by atoms with Gasteiger partial charge in [-0.2, -0.15) is 0 Å². The summed E-state index contributed by atoms with van der Waals surface area (Å²) in [7, 11) is -3.73. The fourth-order valence-corrected chi connectivity index (χ4v) is 4.17. The van der Waals surface area contributed by atoms with Crippen molar-refractivity contribution in [1.29, 1.82) is 0 Å². The number of nitrogens with two attached hydrogens (primary N) is 1. The Labute approximate surface area is 143 Å². The van der Waals surface area contributed by atoms with E-state index in [9.17, 15) is 8.42 Å². The van der Waals surface area contributed by atoms with Gasteiger partial charge in [0.1, 0.15) is 0 Å². The molecule has 0 aliphatic heterocycles. The lowest BCUT2D eigenvalue weighted by atomic mass is 9.96. The molecule has 2 aromatic carbocycles. The number of fused-ring (bicyclic) bond motifs is 1. The number of aryl methyl sites for hydroxylation is 1. The Bertz CT molecular complexity index is 974. The normalized spacial score (nSPS) is 13.3. The Morgan fingerprint density at radius 1 is 1.08 bits per heavy atom. The lowest BCUT2D eigenvalue weighted by molar-refractivity contribution is 0.544. The maximum Gasteiger partial charge on any atom is 0.238 e. The van der Waals surface area contributed by atoms with Gasteiger partial charge in [-0.3, -0.25) is 0 Å². The molecule has 1 aromatic heterocycles. The van der Waals surface area contributed by atoms with E-state index in [1.54, 1.807) is 12.1 Å². The third-order valence-electron chi connectivity index (χ3n) is 4.56. The van der Waals surface area contributed by atoms with Crippen LogP contribution in [0.4, 0.5) is 0 Å². The molecule has 126 valence electrons.